The van der Waals surface area contributed by atoms with E-state index in [1.54, 1.807) is 0 Å². The number of aryl methyl sites for hydroxylation is 1. The quantitative estimate of drug-likeness (QED) is 0.904. The molecule has 2 rings (SSSR count). The van der Waals surface area contributed by atoms with E-state index in [0.29, 0.717) is 6.04 Å². The van der Waals surface area contributed by atoms with Gasteiger partial charge in [-0.2, -0.15) is 0 Å². The van der Waals surface area contributed by atoms with Gasteiger partial charge < -0.3 is 10.0 Å². The van der Waals surface area contributed by atoms with E-state index in [2.05, 4.69) is 29.0 Å². The molecule has 0 unspecified atom stereocenters. The summed E-state index contributed by atoms with van der Waals surface area (Å²) in [4.78, 5) is 4.79. The van der Waals surface area contributed by atoms with E-state index in [1.165, 1.54) is 18.4 Å². The van der Waals surface area contributed by atoms with Gasteiger partial charge >= 0.3 is 0 Å². The van der Waals surface area contributed by atoms with Gasteiger partial charge in [0.2, 0.25) is 0 Å². The summed E-state index contributed by atoms with van der Waals surface area (Å²) in [7, 11) is 2.18. The number of hydrogen-bond donors (Lipinski definition) is 1. The fraction of sp³-hybridized carbons (Fsp3) is 0.625. The molecule has 0 bridgehead atoms. The van der Waals surface area contributed by atoms with Crippen LogP contribution >= 0.6 is 11.6 Å². The van der Waals surface area contributed by atoms with Crippen molar-refractivity contribution < 1.29 is 5.11 Å². The summed E-state index contributed by atoms with van der Waals surface area (Å²) in [5.41, 5.74) is 2.40. The van der Waals surface area contributed by atoms with E-state index < -0.39 is 0 Å². The van der Waals surface area contributed by atoms with Gasteiger partial charge in [-0.1, -0.05) is 23.7 Å². The monoisotopic (exact) mass is 296 g/mol. The molecule has 20 heavy (non-hydrogen) atoms. The number of aliphatic hydroxyl groups is 1. The molecule has 0 atom stereocenters. The normalized spacial score (nSPS) is 17.9. The first-order valence-electron chi connectivity index (χ1n) is 7.38. The Morgan fingerprint density at radius 2 is 2.05 bits per heavy atom. The van der Waals surface area contributed by atoms with Crippen LogP contribution in [-0.2, 0) is 6.54 Å². The lowest BCUT2D eigenvalue weighted by Gasteiger charge is -2.37. The summed E-state index contributed by atoms with van der Waals surface area (Å²) in [5, 5.41) is 10.1. The van der Waals surface area contributed by atoms with Crippen molar-refractivity contribution in [1.29, 1.82) is 0 Å². The predicted molar refractivity (Wildman–Crippen MR) is 84.2 cm³/mol. The molecule has 1 aromatic rings. The van der Waals surface area contributed by atoms with E-state index in [-0.39, 0.29) is 6.61 Å². The first kappa shape index (κ1) is 15.8. The summed E-state index contributed by atoms with van der Waals surface area (Å²) in [5.74, 6) is 0. The minimum atomic E-state index is 0.221. The molecule has 1 heterocycles. The fourth-order valence-electron chi connectivity index (χ4n) is 2.92. The standard InChI is InChI=1S/C16H25ClN2O/c1-13-11-14(3-4-16(13)17)12-19(9-10-20)15-5-7-18(2)8-6-15/h3-4,11,15,20H,5-10,12H2,1-2H3. The Balaban J connectivity index is 2.02. The van der Waals surface area contributed by atoms with Crippen molar-refractivity contribution in [3.8, 4) is 0 Å². The average molecular weight is 297 g/mol. The number of likely N-dealkylation sites (tertiary alicyclic amines) is 1. The van der Waals surface area contributed by atoms with Crippen LogP contribution in [0.2, 0.25) is 5.02 Å². The third-order valence-electron chi connectivity index (χ3n) is 4.20. The molecule has 1 fully saturated rings. The number of nitrogens with zero attached hydrogens (tertiary/aromatic N) is 2. The van der Waals surface area contributed by atoms with Crippen LogP contribution < -0.4 is 0 Å². The third kappa shape index (κ3) is 4.19. The zero-order valence-electron chi connectivity index (χ0n) is 12.5. The molecule has 0 aliphatic carbocycles. The molecular formula is C16H25ClN2O. The Hall–Kier alpha value is -0.610. The molecule has 112 valence electrons. The van der Waals surface area contributed by atoms with Crippen LogP contribution in [0.1, 0.15) is 24.0 Å². The molecule has 4 heteroatoms. The molecule has 1 aliphatic rings. The number of hydrogen-bond acceptors (Lipinski definition) is 3. The minimum absolute atomic E-state index is 0.221. The Labute approximate surface area is 127 Å². The maximum absolute atomic E-state index is 9.32. The van der Waals surface area contributed by atoms with Crippen LogP contribution in [0.4, 0.5) is 0 Å². The van der Waals surface area contributed by atoms with Crippen molar-refractivity contribution in [3.63, 3.8) is 0 Å². The molecular weight excluding hydrogens is 272 g/mol. The van der Waals surface area contributed by atoms with Gasteiger partial charge in [-0.05, 0) is 57.1 Å². The zero-order valence-corrected chi connectivity index (χ0v) is 13.2. The Morgan fingerprint density at radius 1 is 1.35 bits per heavy atom. The van der Waals surface area contributed by atoms with Crippen LogP contribution in [0.25, 0.3) is 0 Å². The Morgan fingerprint density at radius 3 is 2.65 bits per heavy atom. The molecule has 1 aromatic carbocycles. The second-order valence-corrected chi connectivity index (χ2v) is 6.22. The maximum atomic E-state index is 9.32. The predicted octanol–water partition coefficient (Wildman–Crippen LogP) is 2.54. The molecule has 1 saturated heterocycles. The molecule has 1 N–H and O–H groups in total. The number of halogens is 1. The molecule has 3 nitrogen and oxygen atoms in total. The second kappa shape index (κ2) is 7.41. The summed E-state index contributed by atoms with van der Waals surface area (Å²) in [6.07, 6.45) is 2.37. The fourth-order valence-corrected chi connectivity index (χ4v) is 3.04. The lowest BCUT2D eigenvalue weighted by Crippen LogP contribution is -2.44. The van der Waals surface area contributed by atoms with E-state index in [4.69, 9.17) is 11.6 Å². The minimum Gasteiger partial charge on any atom is -0.395 e. The zero-order chi connectivity index (χ0) is 14.5. The second-order valence-electron chi connectivity index (χ2n) is 5.81. The first-order chi connectivity index (χ1) is 9.60. The van der Waals surface area contributed by atoms with Crippen molar-refractivity contribution in [2.45, 2.75) is 32.4 Å². The van der Waals surface area contributed by atoms with Gasteiger partial charge in [0, 0.05) is 24.2 Å². The van der Waals surface area contributed by atoms with Gasteiger partial charge in [0.05, 0.1) is 6.61 Å². The van der Waals surface area contributed by atoms with Gasteiger partial charge in [0.15, 0.2) is 0 Å². The van der Waals surface area contributed by atoms with Gasteiger partial charge in [-0.25, -0.2) is 0 Å². The van der Waals surface area contributed by atoms with Gasteiger partial charge in [0.1, 0.15) is 0 Å². The number of aliphatic hydroxyl groups excluding tert-OH is 1. The lowest BCUT2D eigenvalue weighted by atomic mass is 10.0. The smallest absolute Gasteiger partial charge is 0.0558 e. The summed E-state index contributed by atoms with van der Waals surface area (Å²) in [6.45, 7) is 6.19. The summed E-state index contributed by atoms with van der Waals surface area (Å²) < 4.78 is 0. The molecule has 0 aromatic heterocycles. The first-order valence-corrected chi connectivity index (χ1v) is 7.76. The van der Waals surface area contributed by atoms with Crippen molar-refractivity contribution in [1.82, 2.24) is 9.80 Å². The SMILES string of the molecule is Cc1cc(CN(CCO)C2CCN(C)CC2)ccc1Cl. The number of benzene rings is 1. The molecule has 0 saturated carbocycles. The third-order valence-corrected chi connectivity index (χ3v) is 4.62. The van der Waals surface area contributed by atoms with E-state index in [0.717, 1.165) is 36.8 Å². The summed E-state index contributed by atoms with van der Waals surface area (Å²) in [6, 6.07) is 6.79. The van der Waals surface area contributed by atoms with Gasteiger partial charge in [-0.15, -0.1) is 0 Å². The highest BCUT2D eigenvalue weighted by Crippen LogP contribution is 2.21. The largest absolute Gasteiger partial charge is 0.395 e. The highest BCUT2D eigenvalue weighted by Gasteiger charge is 2.22. The molecule has 0 spiro atoms. The molecule has 1 aliphatic heterocycles. The van der Waals surface area contributed by atoms with E-state index in [9.17, 15) is 5.11 Å². The van der Waals surface area contributed by atoms with Crippen LogP contribution in [0.3, 0.4) is 0 Å². The van der Waals surface area contributed by atoms with Crippen LogP contribution in [0, 0.1) is 6.92 Å². The molecule has 0 radical (unpaired) electrons. The highest BCUT2D eigenvalue weighted by molar-refractivity contribution is 6.31. The van der Waals surface area contributed by atoms with E-state index in [1.807, 2.05) is 13.0 Å². The average Bonchev–Trinajstić information content (AvgIpc) is 2.43. The van der Waals surface area contributed by atoms with E-state index >= 15 is 0 Å². The van der Waals surface area contributed by atoms with Crippen LogP contribution in [0.5, 0.6) is 0 Å². The van der Waals surface area contributed by atoms with Gasteiger partial charge in [-0.3, -0.25) is 4.90 Å². The highest BCUT2D eigenvalue weighted by atomic mass is 35.5. The topological polar surface area (TPSA) is 26.7 Å². The Kier molecular flexibility index (Phi) is 5.85. The summed E-state index contributed by atoms with van der Waals surface area (Å²) >= 11 is 6.08. The maximum Gasteiger partial charge on any atom is 0.0558 e. The molecule has 0 amide bonds. The lowest BCUT2D eigenvalue weighted by molar-refractivity contribution is 0.0941. The number of rotatable bonds is 5. The van der Waals surface area contributed by atoms with Crippen molar-refractivity contribution >= 4 is 11.6 Å². The number of piperidine rings is 1. The van der Waals surface area contributed by atoms with Crippen molar-refractivity contribution in [3.05, 3.63) is 34.3 Å². The van der Waals surface area contributed by atoms with Crippen molar-refractivity contribution in [2.75, 3.05) is 33.3 Å². The van der Waals surface area contributed by atoms with Crippen molar-refractivity contribution in [2.24, 2.45) is 0 Å². The van der Waals surface area contributed by atoms with Crippen LogP contribution in [-0.4, -0.2) is 54.2 Å². The van der Waals surface area contributed by atoms with Gasteiger partial charge in [0.25, 0.3) is 0 Å². The Bertz CT molecular complexity index is 430. The van der Waals surface area contributed by atoms with Crippen LogP contribution in [0.15, 0.2) is 18.2 Å².